The van der Waals surface area contributed by atoms with Crippen LogP contribution >= 0.6 is 0 Å². The van der Waals surface area contributed by atoms with Crippen LogP contribution in [-0.2, 0) is 24.9 Å². The molecule has 0 spiro atoms. The third-order valence-electron chi connectivity index (χ3n) is 3.28. The van der Waals surface area contributed by atoms with Crippen LogP contribution < -0.4 is 5.14 Å². The lowest BCUT2D eigenvalue weighted by Crippen LogP contribution is -2.18. The first-order valence-corrected chi connectivity index (χ1v) is 10.6. The minimum absolute atomic E-state index is 0.0385. The Hall–Kier alpha value is -2.20. The number of nitrogens with two attached hydrogens (primary N) is 1. The van der Waals surface area contributed by atoms with Gasteiger partial charge in [0.1, 0.15) is 10.7 Å². The van der Waals surface area contributed by atoms with Crippen molar-refractivity contribution in [3.63, 3.8) is 0 Å². The van der Waals surface area contributed by atoms with Crippen LogP contribution in [0.15, 0.2) is 58.3 Å². The van der Waals surface area contributed by atoms with Gasteiger partial charge in [0.05, 0.1) is 16.6 Å². The lowest BCUT2D eigenvalue weighted by molar-refractivity contribution is 0.204. The lowest BCUT2D eigenvalue weighted by atomic mass is 10.1. The number of ether oxygens (including phenoxy) is 1. The van der Waals surface area contributed by atoms with Crippen molar-refractivity contribution >= 4 is 32.0 Å². The van der Waals surface area contributed by atoms with E-state index in [0.717, 1.165) is 12.1 Å². The summed E-state index contributed by atoms with van der Waals surface area (Å²) in [7, 11) is -9.02. The van der Waals surface area contributed by atoms with Crippen LogP contribution in [0.4, 0.5) is 0 Å². The summed E-state index contributed by atoms with van der Waals surface area (Å²) in [5.74, 6) is -0.0385. The molecule has 0 radical (unpaired) electrons. The molecule has 0 heterocycles. The summed E-state index contributed by atoms with van der Waals surface area (Å²) < 4.78 is 62.9. The van der Waals surface area contributed by atoms with Crippen molar-refractivity contribution in [1.82, 2.24) is 0 Å². The fourth-order valence-corrected chi connectivity index (χ4v) is 3.87. The molecule has 9 heteroatoms. The molecule has 7 nitrogen and oxygen atoms in total. The Morgan fingerprint density at radius 2 is 1.58 bits per heavy atom. The van der Waals surface area contributed by atoms with Crippen LogP contribution in [0.5, 0.6) is 0 Å². The molecule has 2 aromatic rings. The second-order valence-corrected chi connectivity index (χ2v) is 8.66. The monoisotopic (exact) mass is 397 g/mol. The minimum atomic E-state index is -4.73. The predicted molar refractivity (Wildman–Crippen MR) is 98.2 cm³/mol. The average Bonchev–Trinajstić information content (AvgIpc) is 2.52. The van der Waals surface area contributed by atoms with Crippen molar-refractivity contribution in [2.45, 2.75) is 29.7 Å². The fraction of sp³-hybridized carbons (Fsp3) is 0.176. The smallest absolute Gasteiger partial charge is 0.295 e. The number of rotatable bonds is 6. The molecule has 26 heavy (non-hydrogen) atoms. The summed E-state index contributed by atoms with van der Waals surface area (Å²) in [6.45, 7) is 3.40. The summed E-state index contributed by atoms with van der Waals surface area (Å²) in [6, 6.07) is 12.2. The van der Waals surface area contributed by atoms with E-state index in [-0.39, 0.29) is 11.3 Å². The first-order valence-electron chi connectivity index (χ1n) is 7.57. The second-order valence-electron chi connectivity index (χ2n) is 5.74. The zero-order valence-corrected chi connectivity index (χ0v) is 15.8. The van der Waals surface area contributed by atoms with Gasteiger partial charge in [-0.05, 0) is 37.6 Å². The SMILES string of the molecule is CC(C)OC(=Cc1ccccc1)c1c(S(N)(=O)=O)cccc1S(=O)(=O)O. The summed E-state index contributed by atoms with van der Waals surface area (Å²) >= 11 is 0. The van der Waals surface area contributed by atoms with Crippen molar-refractivity contribution in [3.8, 4) is 0 Å². The third kappa shape index (κ3) is 4.92. The summed E-state index contributed by atoms with van der Waals surface area (Å²) in [4.78, 5) is -1.07. The first kappa shape index (κ1) is 20.1. The number of sulfonamides is 1. The Morgan fingerprint density at radius 1 is 1.00 bits per heavy atom. The minimum Gasteiger partial charge on any atom is -0.490 e. The van der Waals surface area contributed by atoms with E-state index in [1.807, 2.05) is 0 Å². The van der Waals surface area contributed by atoms with Gasteiger partial charge in [0, 0.05) is 0 Å². The van der Waals surface area contributed by atoms with Gasteiger partial charge < -0.3 is 4.74 Å². The molecule has 3 N–H and O–H groups in total. The molecule has 0 bridgehead atoms. The van der Waals surface area contributed by atoms with E-state index in [1.54, 1.807) is 44.2 Å². The highest BCUT2D eigenvalue weighted by atomic mass is 32.2. The van der Waals surface area contributed by atoms with Gasteiger partial charge in [-0.15, -0.1) is 0 Å². The van der Waals surface area contributed by atoms with Crippen LogP contribution in [-0.4, -0.2) is 27.5 Å². The molecule has 0 unspecified atom stereocenters. The van der Waals surface area contributed by atoms with Crippen molar-refractivity contribution in [1.29, 1.82) is 0 Å². The van der Waals surface area contributed by atoms with Crippen molar-refractivity contribution in [2.24, 2.45) is 5.14 Å². The third-order valence-corrected chi connectivity index (χ3v) is 5.13. The van der Waals surface area contributed by atoms with Gasteiger partial charge >= 0.3 is 0 Å². The van der Waals surface area contributed by atoms with Gasteiger partial charge in [-0.25, -0.2) is 13.6 Å². The summed E-state index contributed by atoms with van der Waals surface area (Å²) in [5, 5.41) is 5.24. The van der Waals surface area contributed by atoms with Gasteiger partial charge in [0.15, 0.2) is 0 Å². The molecule has 0 saturated carbocycles. The highest BCUT2D eigenvalue weighted by Gasteiger charge is 2.27. The number of primary sulfonamides is 1. The molecule has 0 atom stereocenters. The van der Waals surface area contributed by atoms with Crippen LogP contribution in [0.25, 0.3) is 11.8 Å². The Bertz CT molecular complexity index is 976. The molecular weight excluding hydrogens is 378 g/mol. The zero-order chi connectivity index (χ0) is 19.5. The van der Waals surface area contributed by atoms with E-state index in [4.69, 9.17) is 9.88 Å². The van der Waals surface area contributed by atoms with Crippen molar-refractivity contribution < 1.29 is 26.1 Å². The molecule has 0 amide bonds. The maximum Gasteiger partial charge on any atom is 0.295 e. The molecular formula is C17H19NO6S2. The number of hydrogen-bond acceptors (Lipinski definition) is 5. The number of hydrogen-bond donors (Lipinski definition) is 2. The zero-order valence-electron chi connectivity index (χ0n) is 14.2. The Kier molecular flexibility index (Phi) is 5.87. The standard InChI is InChI=1S/C17H19NO6S2/c1-12(2)24-14(11-13-7-4-3-5-8-13)17-15(25(18,19)20)9-6-10-16(17)26(21,22)23/h3-12H,1-2H3,(H2,18,19,20)(H,21,22,23). The van der Waals surface area contributed by atoms with Gasteiger partial charge in [-0.1, -0.05) is 36.4 Å². The van der Waals surface area contributed by atoms with Gasteiger partial charge in [-0.3, -0.25) is 4.55 Å². The van der Waals surface area contributed by atoms with Gasteiger partial charge in [0.25, 0.3) is 10.1 Å². The highest BCUT2D eigenvalue weighted by Crippen LogP contribution is 2.32. The molecule has 0 aliphatic rings. The lowest BCUT2D eigenvalue weighted by Gasteiger charge is -2.18. The van der Waals surface area contributed by atoms with E-state index in [0.29, 0.717) is 5.56 Å². The number of benzene rings is 2. The summed E-state index contributed by atoms with van der Waals surface area (Å²) in [6.07, 6.45) is 1.09. The Morgan fingerprint density at radius 3 is 2.08 bits per heavy atom. The molecule has 0 aliphatic heterocycles. The maximum absolute atomic E-state index is 12.0. The molecule has 0 saturated heterocycles. The van der Waals surface area contributed by atoms with Crippen LogP contribution in [0, 0.1) is 0 Å². The van der Waals surface area contributed by atoms with Crippen LogP contribution in [0.1, 0.15) is 25.0 Å². The molecule has 140 valence electrons. The van der Waals surface area contributed by atoms with Crippen molar-refractivity contribution in [3.05, 3.63) is 59.7 Å². The van der Waals surface area contributed by atoms with Gasteiger partial charge in [0.2, 0.25) is 10.0 Å². The van der Waals surface area contributed by atoms with E-state index >= 15 is 0 Å². The largest absolute Gasteiger partial charge is 0.490 e. The Balaban J connectivity index is 2.89. The maximum atomic E-state index is 12.0. The van der Waals surface area contributed by atoms with Gasteiger partial charge in [-0.2, -0.15) is 8.42 Å². The average molecular weight is 397 g/mol. The molecule has 0 aromatic heterocycles. The van der Waals surface area contributed by atoms with E-state index < -0.39 is 36.0 Å². The first-order chi connectivity index (χ1) is 12.0. The van der Waals surface area contributed by atoms with Crippen LogP contribution in [0.2, 0.25) is 0 Å². The quantitative estimate of drug-likeness (QED) is 0.438. The van der Waals surface area contributed by atoms with E-state index in [9.17, 15) is 21.4 Å². The molecule has 0 aliphatic carbocycles. The fourth-order valence-electron chi connectivity index (χ4n) is 2.33. The van der Waals surface area contributed by atoms with Crippen LogP contribution in [0.3, 0.4) is 0 Å². The molecule has 2 aromatic carbocycles. The Labute approximate surface area is 152 Å². The predicted octanol–water partition coefficient (Wildman–Crippen LogP) is 2.50. The second kappa shape index (κ2) is 7.58. The molecule has 0 fully saturated rings. The van der Waals surface area contributed by atoms with E-state index in [1.165, 1.54) is 12.1 Å². The topological polar surface area (TPSA) is 124 Å². The summed E-state index contributed by atoms with van der Waals surface area (Å²) in [5.41, 5.74) is 0.337. The normalized spacial score (nSPS) is 13.0. The molecule has 2 rings (SSSR count). The highest BCUT2D eigenvalue weighted by molar-refractivity contribution is 7.89. The van der Waals surface area contributed by atoms with Crippen molar-refractivity contribution in [2.75, 3.05) is 0 Å². The van der Waals surface area contributed by atoms with E-state index in [2.05, 4.69) is 0 Å².